The third kappa shape index (κ3) is 2.80. The highest BCUT2D eigenvalue weighted by molar-refractivity contribution is 7.92. The van der Waals surface area contributed by atoms with Crippen molar-refractivity contribution < 1.29 is 13.5 Å². The molecule has 0 spiro atoms. The van der Waals surface area contributed by atoms with Crippen LogP contribution >= 0.6 is 11.3 Å². The van der Waals surface area contributed by atoms with E-state index in [-0.39, 0.29) is 18.0 Å². The Kier molecular flexibility index (Phi) is 3.93. The Morgan fingerprint density at radius 2 is 2.21 bits per heavy atom. The molecular formula is C11H15N3O3S2. The van der Waals surface area contributed by atoms with Crippen molar-refractivity contribution in [2.45, 2.75) is 25.3 Å². The molecule has 0 bridgehead atoms. The number of rotatable bonds is 5. The van der Waals surface area contributed by atoms with Gasteiger partial charge in [0.2, 0.25) is 0 Å². The molecular weight excluding hydrogens is 286 g/mol. The van der Waals surface area contributed by atoms with Gasteiger partial charge in [-0.15, -0.1) is 0 Å². The number of aliphatic hydroxyl groups excluding tert-OH is 1. The van der Waals surface area contributed by atoms with Crippen molar-refractivity contribution in [2.75, 3.05) is 11.3 Å². The molecule has 0 amide bonds. The number of aryl methyl sites for hydroxylation is 1. The molecule has 6 nitrogen and oxygen atoms in total. The standard InChI is InChI=1S/C11H15N3O3S2/c1-8-11(9(2)14(12-8)4-5-15)19(16,17)13-10-3-6-18-7-10/h3,6-7,13,15H,4-5H2,1-2H3. The van der Waals surface area contributed by atoms with Gasteiger partial charge in [0.1, 0.15) is 4.90 Å². The van der Waals surface area contributed by atoms with Crippen molar-refractivity contribution in [2.24, 2.45) is 0 Å². The fourth-order valence-corrected chi connectivity index (χ4v) is 4.04. The van der Waals surface area contributed by atoms with Crippen molar-refractivity contribution >= 4 is 27.0 Å². The summed E-state index contributed by atoms with van der Waals surface area (Å²) in [5.74, 6) is 0. The van der Waals surface area contributed by atoms with Crippen LogP contribution in [0.2, 0.25) is 0 Å². The van der Waals surface area contributed by atoms with E-state index >= 15 is 0 Å². The summed E-state index contributed by atoms with van der Waals surface area (Å²) in [6.45, 7) is 3.51. The summed E-state index contributed by atoms with van der Waals surface area (Å²) in [6.07, 6.45) is 0. The molecule has 2 N–H and O–H groups in total. The van der Waals surface area contributed by atoms with Crippen LogP contribution in [-0.2, 0) is 16.6 Å². The molecule has 0 saturated carbocycles. The van der Waals surface area contributed by atoms with E-state index < -0.39 is 10.0 Å². The van der Waals surface area contributed by atoms with Gasteiger partial charge in [-0.1, -0.05) is 0 Å². The Hall–Kier alpha value is -1.38. The van der Waals surface area contributed by atoms with Crippen LogP contribution in [0.1, 0.15) is 11.4 Å². The minimum absolute atomic E-state index is 0.0839. The van der Waals surface area contributed by atoms with Crippen molar-refractivity contribution in [1.82, 2.24) is 9.78 Å². The number of hydrogen-bond acceptors (Lipinski definition) is 5. The first kappa shape index (κ1) is 14.0. The van der Waals surface area contributed by atoms with Crippen LogP contribution in [-0.4, -0.2) is 29.9 Å². The SMILES string of the molecule is Cc1nn(CCO)c(C)c1S(=O)(=O)Nc1ccsc1. The number of aliphatic hydroxyl groups is 1. The Balaban J connectivity index is 2.40. The van der Waals surface area contributed by atoms with Crippen LogP contribution in [0.4, 0.5) is 5.69 Å². The van der Waals surface area contributed by atoms with Gasteiger partial charge in [0, 0.05) is 5.38 Å². The number of nitrogens with zero attached hydrogens (tertiary/aromatic N) is 2. The second-order valence-electron chi connectivity index (χ2n) is 4.06. The molecule has 2 aromatic rings. The maximum atomic E-state index is 12.3. The van der Waals surface area contributed by atoms with E-state index in [1.807, 2.05) is 0 Å². The van der Waals surface area contributed by atoms with Gasteiger partial charge in [-0.25, -0.2) is 8.42 Å². The molecule has 8 heteroatoms. The summed E-state index contributed by atoms with van der Waals surface area (Å²) in [5.41, 5.74) is 1.49. The maximum Gasteiger partial charge on any atom is 0.265 e. The highest BCUT2D eigenvalue weighted by Gasteiger charge is 2.24. The number of hydrogen-bond donors (Lipinski definition) is 2. The van der Waals surface area contributed by atoms with Crippen molar-refractivity contribution in [1.29, 1.82) is 0 Å². The minimum atomic E-state index is -3.65. The zero-order valence-corrected chi connectivity index (χ0v) is 12.3. The van der Waals surface area contributed by atoms with Gasteiger partial charge in [0.05, 0.1) is 30.2 Å². The van der Waals surface area contributed by atoms with E-state index in [4.69, 9.17) is 5.11 Å². The number of thiophene rings is 1. The normalized spacial score (nSPS) is 11.7. The molecule has 0 aliphatic rings. The monoisotopic (exact) mass is 301 g/mol. The zero-order valence-electron chi connectivity index (χ0n) is 10.6. The molecule has 104 valence electrons. The summed E-state index contributed by atoms with van der Waals surface area (Å²) in [4.78, 5) is 0.173. The molecule has 0 aromatic carbocycles. The molecule has 0 atom stereocenters. The predicted octanol–water partition coefficient (Wildman–Crippen LogP) is 1.35. The van der Waals surface area contributed by atoms with E-state index in [9.17, 15) is 8.42 Å². The van der Waals surface area contributed by atoms with Crippen LogP contribution in [0.5, 0.6) is 0 Å². The Morgan fingerprint density at radius 1 is 1.47 bits per heavy atom. The van der Waals surface area contributed by atoms with E-state index in [1.165, 1.54) is 16.0 Å². The van der Waals surface area contributed by atoms with Gasteiger partial charge < -0.3 is 5.11 Å². The fourth-order valence-electron chi connectivity index (χ4n) is 1.91. The number of aromatic nitrogens is 2. The topological polar surface area (TPSA) is 84.2 Å². The van der Waals surface area contributed by atoms with Gasteiger partial charge in [-0.2, -0.15) is 16.4 Å². The first-order chi connectivity index (χ1) is 8.95. The van der Waals surface area contributed by atoms with Gasteiger partial charge in [-0.3, -0.25) is 9.40 Å². The highest BCUT2D eigenvalue weighted by Crippen LogP contribution is 2.23. The van der Waals surface area contributed by atoms with E-state index in [0.717, 1.165) is 0 Å². The molecule has 0 fully saturated rings. The highest BCUT2D eigenvalue weighted by atomic mass is 32.2. The second kappa shape index (κ2) is 5.32. The van der Waals surface area contributed by atoms with Gasteiger partial charge in [0.15, 0.2) is 0 Å². The molecule has 0 aliphatic carbocycles. The predicted molar refractivity (Wildman–Crippen MR) is 73.9 cm³/mol. The summed E-state index contributed by atoms with van der Waals surface area (Å²) in [7, 11) is -3.65. The largest absolute Gasteiger partial charge is 0.394 e. The number of anilines is 1. The molecule has 0 radical (unpaired) electrons. The summed E-state index contributed by atoms with van der Waals surface area (Å²) in [6, 6.07) is 1.70. The lowest BCUT2D eigenvalue weighted by Gasteiger charge is -2.07. The molecule has 0 saturated heterocycles. The molecule has 2 rings (SSSR count). The van der Waals surface area contributed by atoms with E-state index in [2.05, 4.69) is 9.82 Å². The van der Waals surface area contributed by atoms with Crippen LogP contribution in [0.15, 0.2) is 21.7 Å². The fraction of sp³-hybridized carbons (Fsp3) is 0.364. The lowest BCUT2D eigenvalue weighted by atomic mass is 10.4. The first-order valence-corrected chi connectivity index (χ1v) is 8.08. The third-order valence-electron chi connectivity index (χ3n) is 2.67. The number of nitrogens with one attached hydrogen (secondary N) is 1. The number of sulfonamides is 1. The summed E-state index contributed by atoms with van der Waals surface area (Å²) in [5, 5.41) is 16.6. The van der Waals surface area contributed by atoms with Crippen LogP contribution in [0.25, 0.3) is 0 Å². The average molecular weight is 301 g/mol. The Bertz CT molecular complexity index is 660. The first-order valence-electron chi connectivity index (χ1n) is 5.65. The van der Waals surface area contributed by atoms with Crippen LogP contribution < -0.4 is 4.72 Å². The minimum Gasteiger partial charge on any atom is -0.394 e. The molecule has 2 aromatic heterocycles. The zero-order chi connectivity index (χ0) is 14.0. The quantitative estimate of drug-likeness (QED) is 0.873. The van der Waals surface area contributed by atoms with E-state index in [1.54, 1.807) is 30.7 Å². The van der Waals surface area contributed by atoms with Crippen molar-refractivity contribution in [3.8, 4) is 0 Å². The molecule has 2 heterocycles. The van der Waals surface area contributed by atoms with Crippen LogP contribution in [0.3, 0.4) is 0 Å². The van der Waals surface area contributed by atoms with Gasteiger partial charge in [-0.05, 0) is 25.3 Å². The Labute approximate surface area is 115 Å². The van der Waals surface area contributed by atoms with Crippen molar-refractivity contribution in [3.05, 3.63) is 28.2 Å². The smallest absolute Gasteiger partial charge is 0.265 e. The average Bonchev–Trinajstić information content (AvgIpc) is 2.88. The van der Waals surface area contributed by atoms with Gasteiger partial charge >= 0.3 is 0 Å². The molecule has 0 aliphatic heterocycles. The maximum absolute atomic E-state index is 12.3. The third-order valence-corrected chi connectivity index (χ3v) is 4.98. The Morgan fingerprint density at radius 3 is 2.79 bits per heavy atom. The lowest BCUT2D eigenvalue weighted by Crippen LogP contribution is -2.15. The van der Waals surface area contributed by atoms with Gasteiger partial charge in [0.25, 0.3) is 10.0 Å². The van der Waals surface area contributed by atoms with Crippen LogP contribution in [0, 0.1) is 13.8 Å². The molecule has 0 unspecified atom stereocenters. The second-order valence-corrected chi connectivity index (χ2v) is 6.46. The lowest BCUT2D eigenvalue weighted by molar-refractivity contribution is 0.267. The summed E-state index contributed by atoms with van der Waals surface area (Å²) >= 11 is 1.42. The van der Waals surface area contributed by atoms with Crippen molar-refractivity contribution in [3.63, 3.8) is 0 Å². The van der Waals surface area contributed by atoms with E-state index in [0.29, 0.717) is 17.1 Å². The summed E-state index contributed by atoms with van der Waals surface area (Å²) < 4.78 is 28.7. The molecule has 19 heavy (non-hydrogen) atoms.